The number of nitrogens with zero attached hydrogens (tertiary/aromatic N) is 2. The normalized spacial score (nSPS) is 11.1. The molecular formula is C29H39N3O3. The Morgan fingerprint density at radius 1 is 1.00 bits per heavy atom. The van der Waals surface area contributed by atoms with Gasteiger partial charge in [0.25, 0.3) is 0 Å². The predicted octanol–water partition coefficient (Wildman–Crippen LogP) is 5.57. The molecule has 3 rings (SSSR count). The van der Waals surface area contributed by atoms with Gasteiger partial charge in [-0.15, -0.1) is 0 Å². The number of para-hydroxylation sites is 1. The van der Waals surface area contributed by atoms with E-state index in [1.165, 1.54) is 10.9 Å². The summed E-state index contributed by atoms with van der Waals surface area (Å²) in [7, 11) is 0. The van der Waals surface area contributed by atoms with Gasteiger partial charge in [-0.2, -0.15) is 0 Å². The summed E-state index contributed by atoms with van der Waals surface area (Å²) in [6, 6.07) is 16.1. The van der Waals surface area contributed by atoms with Crippen LogP contribution in [0.3, 0.4) is 0 Å². The summed E-state index contributed by atoms with van der Waals surface area (Å²) in [6.45, 7) is 9.75. The topological polar surface area (TPSA) is 65.6 Å². The molecule has 188 valence electrons. The number of fused-ring (bicyclic) bond motifs is 1. The second-order valence-corrected chi connectivity index (χ2v) is 9.22. The lowest BCUT2D eigenvalue weighted by molar-refractivity contribution is -0.142. The Hall–Kier alpha value is -3.28. The molecule has 6 nitrogen and oxygen atoms in total. The number of carbonyl (C=O) groups excluding carboxylic acids is 2. The molecule has 35 heavy (non-hydrogen) atoms. The highest BCUT2D eigenvalue weighted by atomic mass is 16.5. The van der Waals surface area contributed by atoms with Gasteiger partial charge in [-0.3, -0.25) is 9.59 Å². The highest BCUT2D eigenvalue weighted by Gasteiger charge is 2.23. The zero-order valence-electron chi connectivity index (χ0n) is 21.5. The molecule has 0 aliphatic heterocycles. The first-order valence-electron chi connectivity index (χ1n) is 12.8. The zero-order valence-corrected chi connectivity index (χ0v) is 21.5. The van der Waals surface area contributed by atoms with Crippen molar-refractivity contribution in [1.82, 2.24) is 14.8 Å². The average Bonchev–Trinajstić information content (AvgIpc) is 3.27. The molecule has 0 aliphatic carbocycles. The summed E-state index contributed by atoms with van der Waals surface area (Å²) in [5.74, 6) is 0.838. The molecule has 0 radical (unpaired) electrons. The molecule has 1 heterocycles. The van der Waals surface area contributed by atoms with Crippen LogP contribution >= 0.6 is 0 Å². The van der Waals surface area contributed by atoms with Crippen molar-refractivity contribution in [3.8, 4) is 5.75 Å². The highest BCUT2D eigenvalue weighted by molar-refractivity contribution is 5.85. The van der Waals surface area contributed by atoms with Crippen LogP contribution in [0.1, 0.15) is 58.1 Å². The van der Waals surface area contributed by atoms with Crippen molar-refractivity contribution >= 4 is 22.7 Å². The molecule has 3 aromatic rings. The van der Waals surface area contributed by atoms with Gasteiger partial charge in [0.1, 0.15) is 5.75 Å². The molecule has 2 amide bonds. The van der Waals surface area contributed by atoms with Crippen LogP contribution in [0.2, 0.25) is 0 Å². The number of ether oxygens (including phenoxy) is 1. The number of rotatable bonds is 13. The molecule has 1 N–H and O–H groups in total. The van der Waals surface area contributed by atoms with Gasteiger partial charge in [-0.1, -0.05) is 43.7 Å². The van der Waals surface area contributed by atoms with E-state index in [0.717, 1.165) is 36.1 Å². The lowest BCUT2D eigenvalue weighted by atomic mass is 10.1. The van der Waals surface area contributed by atoms with Crippen LogP contribution in [-0.2, 0) is 22.6 Å². The third-order valence-electron chi connectivity index (χ3n) is 6.28. The van der Waals surface area contributed by atoms with E-state index in [4.69, 9.17) is 4.74 Å². The molecule has 2 aromatic carbocycles. The van der Waals surface area contributed by atoms with Crippen LogP contribution in [-0.4, -0.2) is 52.3 Å². The van der Waals surface area contributed by atoms with Crippen molar-refractivity contribution in [2.45, 2.75) is 66.0 Å². The van der Waals surface area contributed by atoms with Crippen LogP contribution < -0.4 is 4.74 Å². The van der Waals surface area contributed by atoms with Crippen molar-refractivity contribution in [3.63, 3.8) is 0 Å². The molecule has 0 saturated heterocycles. The lowest BCUT2D eigenvalue weighted by Gasteiger charge is -2.30. The van der Waals surface area contributed by atoms with Crippen molar-refractivity contribution < 1.29 is 14.3 Å². The number of amides is 2. The summed E-state index contributed by atoms with van der Waals surface area (Å²) in [5.41, 5.74) is 3.32. The lowest BCUT2D eigenvalue weighted by Crippen LogP contribution is -2.46. The Balaban J connectivity index is 1.77. The van der Waals surface area contributed by atoms with Gasteiger partial charge in [0, 0.05) is 42.7 Å². The van der Waals surface area contributed by atoms with Gasteiger partial charge in [-0.25, -0.2) is 0 Å². The fourth-order valence-electron chi connectivity index (χ4n) is 4.24. The fourth-order valence-corrected chi connectivity index (χ4v) is 4.24. The maximum atomic E-state index is 13.5. The Labute approximate surface area is 209 Å². The number of aromatic nitrogens is 1. The van der Waals surface area contributed by atoms with E-state index in [9.17, 15) is 9.59 Å². The summed E-state index contributed by atoms with van der Waals surface area (Å²) >= 11 is 0. The third-order valence-corrected chi connectivity index (χ3v) is 6.28. The molecule has 1 aromatic heterocycles. The maximum absolute atomic E-state index is 13.5. The first-order chi connectivity index (χ1) is 16.9. The first kappa shape index (κ1) is 26.3. The number of hydrogen-bond donors (Lipinski definition) is 1. The summed E-state index contributed by atoms with van der Waals surface area (Å²) in [5, 5.41) is 1.18. The minimum Gasteiger partial charge on any atom is -0.494 e. The predicted molar refractivity (Wildman–Crippen MR) is 141 cm³/mol. The molecule has 0 bridgehead atoms. The fraction of sp³-hybridized carbons (Fsp3) is 0.448. The number of carbonyl (C=O) groups is 2. The number of H-pyrrole nitrogens is 1. The molecular weight excluding hydrogens is 438 g/mol. The largest absolute Gasteiger partial charge is 0.494 e. The van der Waals surface area contributed by atoms with E-state index in [1.807, 2.05) is 68.3 Å². The smallest absolute Gasteiger partial charge is 0.242 e. The standard InChI is InChI=1S/C29H39N3O3/c1-5-7-12-28(33)32(22(3)4)21-29(34)31(20-23-13-15-25(16-14-23)35-6-2)18-17-24-19-30-27-11-9-8-10-26(24)27/h8-11,13-16,19,22,30H,5-7,12,17-18,20-21H2,1-4H3. The first-order valence-corrected chi connectivity index (χ1v) is 12.8. The van der Waals surface area contributed by atoms with Gasteiger partial charge < -0.3 is 19.5 Å². The van der Waals surface area contributed by atoms with Gasteiger partial charge in [0.15, 0.2) is 0 Å². The van der Waals surface area contributed by atoms with Crippen LogP contribution in [0.5, 0.6) is 5.75 Å². The minimum atomic E-state index is -0.0303. The van der Waals surface area contributed by atoms with E-state index in [1.54, 1.807) is 4.90 Å². The Morgan fingerprint density at radius 3 is 2.43 bits per heavy atom. The third kappa shape index (κ3) is 7.35. The summed E-state index contributed by atoms with van der Waals surface area (Å²) in [6.07, 6.45) is 5.04. The van der Waals surface area contributed by atoms with Gasteiger partial charge >= 0.3 is 0 Å². The summed E-state index contributed by atoms with van der Waals surface area (Å²) in [4.78, 5) is 33.2. The quantitative estimate of drug-likeness (QED) is 0.350. The van der Waals surface area contributed by atoms with Crippen LogP contribution in [0.4, 0.5) is 0 Å². The molecule has 0 atom stereocenters. The molecule has 0 fully saturated rings. The van der Waals surface area contributed by atoms with E-state index >= 15 is 0 Å². The molecule has 0 saturated carbocycles. The molecule has 0 spiro atoms. The molecule has 0 unspecified atom stereocenters. The molecule has 0 aliphatic rings. The second kappa shape index (κ2) is 13.0. The minimum absolute atomic E-state index is 0.0238. The number of aromatic amines is 1. The van der Waals surface area contributed by atoms with Gasteiger partial charge in [-0.05, 0) is 62.9 Å². The second-order valence-electron chi connectivity index (χ2n) is 9.22. The molecule has 6 heteroatoms. The van der Waals surface area contributed by atoms with Crippen molar-refractivity contribution in [2.75, 3.05) is 19.7 Å². The van der Waals surface area contributed by atoms with Crippen LogP contribution in [0, 0.1) is 0 Å². The Morgan fingerprint density at radius 2 is 1.74 bits per heavy atom. The summed E-state index contributed by atoms with van der Waals surface area (Å²) < 4.78 is 5.56. The SMILES string of the molecule is CCCCC(=O)N(CC(=O)N(CCc1c[nH]c2ccccc12)Cc1ccc(OCC)cc1)C(C)C. The monoisotopic (exact) mass is 477 g/mol. The van der Waals surface area contributed by atoms with E-state index < -0.39 is 0 Å². The Bertz CT molecular complexity index is 1090. The number of unbranched alkanes of at least 4 members (excludes halogenated alkanes) is 1. The van der Waals surface area contributed by atoms with E-state index in [0.29, 0.717) is 26.1 Å². The maximum Gasteiger partial charge on any atom is 0.242 e. The number of hydrogen-bond acceptors (Lipinski definition) is 3. The number of nitrogens with one attached hydrogen (secondary N) is 1. The van der Waals surface area contributed by atoms with Crippen molar-refractivity contribution in [3.05, 3.63) is 65.9 Å². The number of benzene rings is 2. The van der Waals surface area contributed by atoms with Crippen LogP contribution in [0.25, 0.3) is 10.9 Å². The average molecular weight is 478 g/mol. The highest BCUT2D eigenvalue weighted by Crippen LogP contribution is 2.20. The van der Waals surface area contributed by atoms with E-state index in [-0.39, 0.29) is 24.4 Å². The van der Waals surface area contributed by atoms with Gasteiger partial charge in [0.05, 0.1) is 13.2 Å². The van der Waals surface area contributed by atoms with Crippen molar-refractivity contribution in [2.24, 2.45) is 0 Å². The van der Waals surface area contributed by atoms with Crippen LogP contribution in [0.15, 0.2) is 54.7 Å². The Kier molecular flexibility index (Phi) is 9.76. The van der Waals surface area contributed by atoms with Gasteiger partial charge in [0.2, 0.25) is 11.8 Å². The zero-order chi connectivity index (χ0) is 25.2. The van der Waals surface area contributed by atoms with Crippen molar-refractivity contribution in [1.29, 1.82) is 0 Å². The van der Waals surface area contributed by atoms with E-state index in [2.05, 4.69) is 24.0 Å².